The van der Waals surface area contributed by atoms with Crippen LogP contribution in [0.15, 0.2) is 47.4 Å². The fraction of sp³-hybridized carbons (Fsp3) is 0.105. The average Bonchev–Trinajstić information content (AvgIpc) is 2.89. The first-order valence-corrected chi connectivity index (χ1v) is 9.10. The number of hydrogen-bond donors (Lipinski definition) is 1. The summed E-state index contributed by atoms with van der Waals surface area (Å²) in [4.78, 5) is 24.8. The maximum absolute atomic E-state index is 13.5. The Hall–Kier alpha value is -2.58. The Morgan fingerprint density at radius 1 is 1.15 bits per heavy atom. The molecule has 4 nitrogen and oxygen atoms in total. The van der Waals surface area contributed by atoms with Gasteiger partial charge in [0.2, 0.25) is 0 Å². The van der Waals surface area contributed by atoms with Crippen molar-refractivity contribution in [3.63, 3.8) is 0 Å². The molecule has 1 aliphatic rings. The van der Waals surface area contributed by atoms with Crippen molar-refractivity contribution in [1.82, 2.24) is 4.90 Å². The molecular weight excluding hydrogens is 392 g/mol. The van der Waals surface area contributed by atoms with Crippen LogP contribution in [0.2, 0.25) is 0 Å². The minimum Gasteiger partial charge on any atom is -0.481 e. The number of aliphatic carboxylic acids is 1. The van der Waals surface area contributed by atoms with E-state index < -0.39 is 17.6 Å². The topological polar surface area (TPSA) is 57.6 Å². The lowest BCUT2D eigenvalue weighted by atomic mass is 10.0. The number of rotatable bonds is 5. The van der Waals surface area contributed by atoms with Gasteiger partial charge in [-0.15, -0.1) is 0 Å². The van der Waals surface area contributed by atoms with E-state index in [1.165, 1.54) is 11.0 Å². The maximum atomic E-state index is 13.5. The zero-order valence-electron chi connectivity index (χ0n) is 13.8. The number of thioether (sulfide) groups is 1. The highest BCUT2D eigenvalue weighted by molar-refractivity contribution is 8.26. The summed E-state index contributed by atoms with van der Waals surface area (Å²) in [6, 6.07) is 10.7. The molecule has 0 radical (unpaired) electrons. The second kappa shape index (κ2) is 7.98. The molecule has 1 N–H and O–H groups in total. The second-order valence-electron chi connectivity index (χ2n) is 5.73. The van der Waals surface area contributed by atoms with Crippen LogP contribution in [-0.4, -0.2) is 32.7 Å². The van der Waals surface area contributed by atoms with Gasteiger partial charge >= 0.3 is 5.97 Å². The van der Waals surface area contributed by atoms with E-state index in [2.05, 4.69) is 0 Å². The summed E-state index contributed by atoms with van der Waals surface area (Å²) in [6.07, 6.45) is 1.45. The summed E-state index contributed by atoms with van der Waals surface area (Å²) in [5, 5.41) is 8.77. The van der Waals surface area contributed by atoms with Crippen LogP contribution in [-0.2, 0) is 9.59 Å². The number of carboxylic acids is 1. The van der Waals surface area contributed by atoms with Crippen LogP contribution in [0, 0.1) is 11.6 Å². The van der Waals surface area contributed by atoms with E-state index in [1.807, 2.05) is 0 Å². The molecule has 2 aromatic rings. The van der Waals surface area contributed by atoms with E-state index in [0.29, 0.717) is 25.9 Å². The zero-order chi connectivity index (χ0) is 19.6. The molecule has 2 aromatic carbocycles. The van der Waals surface area contributed by atoms with E-state index in [-0.39, 0.29) is 18.9 Å². The molecule has 0 unspecified atom stereocenters. The Balaban J connectivity index is 1.85. The van der Waals surface area contributed by atoms with Crippen LogP contribution in [0.4, 0.5) is 8.78 Å². The van der Waals surface area contributed by atoms with Gasteiger partial charge < -0.3 is 5.11 Å². The third-order valence-electron chi connectivity index (χ3n) is 3.86. The predicted molar refractivity (Wildman–Crippen MR) is 104 cm³/mol. The highest BCUT2D eigenvalue weighted by Gasteiger charge is 2.32. The van der Waals surface area contributed by atoms with Gasteiger partial charge in [-0.3, -0.25) is 14.5 Å². The standard InChI is InChI=1S/C19H13F2NO3S2/c20-14-5-4-13(10-15(14)21)12-3-1-2-11(8-12)9-16-18(25)22(19(26)27-16)7-6-17(23)24/h1-5,8-10H,6-7H2,(H,23,24)/b16-9-. The van der Waals surface area contributed by atoms with Crippen molar-refractivity contribution >= 4 is 46.3 Å². The summed E-state index contributed by atoms with van der Waals surface area (Å²) in [5.74, 6) is -3.20. The van der Waals surface area contributed by atoms with Crippen molar-refractivity contribution in [2.24, 2.45) is 0 Å². The largest absolute Gasteiger partial charge is 0.481 e. The van der Waals surface area contributed by atoms with Crippen molar-refractivity contribution in [3.8, 4) is 11.1 Å². The van der Waals surface area contributed by atoms with E-state index in [4.69, 9.17) is 17.3 Å². The fourth-order valence-corrected chi connectivity index (χ4v) is 3.84. The molecular formula is C19H13F2NO3S2. The Kier molecular flexibility index (Phi) is 5.67. The van der Waals surface area contributed by atoms with Crippen LogP contribution in [0.25, 0.3) is 17.2 Å². The highest BCUT2D eigenvalue weighted by atomic mass is 32.2. The summed E-state index contributed by atoms with van der Waals surface area (Å²) in [6.45, 7) is 0.0201. The number of benzene rings is 2. The van der Waals surface area contributed by atoms with E-state index in [9.17, 15) is 18.4 Å². The molecule has 0 spiro atoms. The number of carbonyl (C=O) groups excluding carboxylic acids is 1. The van der Waals surface area contributed by atoms with Gasteiger partial charge in [0.05, 0.1) is 11.3 Å². The summed E-state index contributed by atoms with van der Waals surface area (Å²) < 4.78 is 26.9. The van der Waals surface area contributed by atoms with Gasteiger partial charge in [0.15, 0.2) is 11.6 Å². The Labute approximate surface area is 163 Å². The molecule has 1 aliphatic heterocycles. The van der Waals surface area contributed by atoms with Gasteiger partial charge in [-0.1, -0.05) is 48.2 Å². The van der Waals surface area contributed by atoms with Crippen LogP contribution in [0.3, 0.4) is 0 Å². The molecule has 1 saturated heterocycles. The van der Waals surface area contributed by atoms with Crippen LogP contribution in [0.1, 0.15) is 12.0 Å². The maximum Gasteiger partial charge on any atom is 0.305 e. The molecule has 0 aliphatic carbocycles. The van der Waals surface area contributed by atoms with Crippen LogP contribution >= 0.6 is 24.0 Å². The molecule has 8 heteroatoms. The summed E-state index contributed by atoms with van der Waals surface area (Å²) in [7, 11) is 0. The number of amides is 1. The zero-order valence-corrected chi connectivity index (χ0v) is 15.4. The van der Waals surface area contributed by atoms with Gasteiger partial charge in [0.1, 0.15) is 4.32 Å². The number of thiocarbonyl (C=S) groups is 1. The van der Waals surface area contributed by atoms with E-state index in [0.717, 1.165) is 23.9 Å². The molecule has 27 heavy (non-hydrogen) atoms. The smallest absolute Gasteiger partial charge is 0.305 e. The average molecular weight is 405 g/mol. The Morgan fingerprint density at radius 3 is 2.59 bits per heavy atom. The van der Waals surface area contributed by atoms with Crippen molar-refractivity contribution < 1.29 is 23.5 Å². The Morgan fingerprint density at radius 2 is 1.89 bits per heavy atom. The first-order valence-electron chi connectivity index (χ1n) is 7.88. The summed E-state index contributed by atoms with van der Waals surface area (Å²) >= 11 is 6.25. The van der Waals surface area contributed by atoms with E-state index >= 15 is 0 Å². The predicted octanol–water partition coefficient (Wildman–Crippen LogP) is 4.31. The van der Waals surface area contributed by atoms with Crippen LogP contribution < -0.4 is 0 Å². The first-order chi connectivity index (χ1) is 12.8. The van der Waals surface area contributed by atoms with Crippen molar-refractivity contribution in [1.29, 1.82) is 0 Å². The minimum absolute atomic E-state index is 0.0201. The normalized spacial score (nSPS) is 15.6. The second-order valence-corrected chi connectivity index (χ2v) is 7.41. The molecule has 1 fully saturated rings. The van der Waals surface area contributed by atoms with E-state index in [1.54, 1.807) is 30.3 Å². The SMILES string of the molecule is O=C(O)CCN1C(=O)/C(=C/c2cccc(-c3ccc(F)c(F)c3)c2)SC1=S. The van der Waals surface area contributed by atoms with Gasteiger partial charge in [0, 0.05) is 6.54 Å². The number of carboxylic acid groups (broad SMARTS) is 1. The Bertz CT molecular complexity index is 975. The van der Waals surface area contributed by atoms with Gasteiger partial charge in [-0.25, -0.2) is 8.78 Å². The van der Waals surface area contributed by atoms with Crippen molar-refractivity contribution in [3.05, 3.63) is 64.6 Å². The molecule has 0 aromatic heterocycles. The number of hydrogen-bond acceptors (Lipinski definition) is 4. The minimum atomic E-state index is -1.01. The lowest BCUT2D eigenvalue weighted by Crippen LogP contribution is -2.30. The highest BCUT2D eigenvalue weighted by Crippen LogP contribution is 2.33. The molecule has 1 amide bonds. The molecule has 0 saturated carbocycles. The van der Waals surface area contributed by atoms with Gasteiger partial charge in [-0.05, 0) is 41.0 Å². The number of halogens is 2. The summed E-state index contributed by atoms with van der Waals surface area (Å²) in [5.41, 5.74) is 1.87. The van der Waals surface area contributed by atoms with Crippen LogP contribution in [0.5, 0.6) is 0 Å². The van der Waals surface area contributed by atoms with Gasteiger partial charge in [0.25, 0.3) is 5.91 Å². The van der Waals surface area contributed by atoms with Crippen molar-refractivity contribution in [2.75, 3.05) is 6.54 Å². The third-order valence-corrected chi connectivity index (χ3v) is 5.24. The monoisotopic (exact) mass is 405 g/mol. The first kappa shape index (κ1) is 19.2. The molecule has 138 valence electrons. The lowest BCUT2D eigenvalue weighted by molar-refractivity contribution is -0.137. The quantitative estimate of drug-likeness (QED) is 0.594. The molecule has 1 heterocycles. The molecule has 0 atom stereocenters. The molecule has 3 rings (SSSR count). The number of carbonyl (C=O) groups is 2. The van der Waals surface area contributed by atoms with Crippen molar-refractivity contribution in [2.45, 2.75) is 6.42 Å². The lowest BCUT2D eigenvalue weighted by Gasteiger charge is -2.12. The fourth-order valence-electron chi connectivity index (χ4n) is 2.54. The van der Waals surface area contributed by atoms with Gasteiger partial charge in [-0.2, -0.15) is 0 Å². The number of nitrogens with zero attached hydrogens (tertiary/aromatic N) is 1. The third kappa shape index (κ3) is 4.40. The molecule has 0 bridgehead atoms.